The summed E-state index contributed by atoms with van der Waals surface area (Å²) in [5, 5.41) is 12.5. The zero-order valence-corrected chi connectivity index (χ0v) is 15.9. The van der Waals surface area contributed by atoms with Crippen molar-refractivity contribution in [3.05, 3.63) is 33.8 Å². The topological polar surface area (TPSA) is 64.4 Å². The maximum Gasteiger partial charge on any atom is 0.231 e. The lowest BCUT2D eigenvalue weighted by Crippen LogP contribution is -3.15. The molecule has 2 unspecified atom stereocenters. The molecule has 5 rings (SSSR count). The molecule has 1 aliphatic carbocycles. The van der Waals surface area contributed by atoms with E-state index in [9.17, 15) is 5.11 Å². The first-order valence-electron chi connectivity index (χ1n) is 8.99. The van der Waals surface area contributed by atoms with Gasteiger partial charge in [0.15, 0.2) is 23.0 Å². The Labute approximate surface area is 162 Å². The summed E-state index contributed by atoms with van der Waals surface area (Å²) in [7, 11) is 3.22. The Morgan fingerprint density at radius 3 is 2.63 bits per heavy atom. The van der Waals surface area contributed by atoms with Crippen molar-refractivity contribution >= 4 is 11.6 Å². The van der Waals surface area contributed by atoms with Crippen LogP contribution in [-0.2, 0) is 12.8 Å². The van der Waals surface area contributed by atoms with Gasteiger partial charge in [0.25, 0.3) is 0 Å². The smallest absolute Gasteiger partial charge is 0.231 e. The molecule has 0 spiro atoms. The van der Waals surface area contributed by atoms with Crippen molar-refractivity contribution in [3.63, 3.8) is 0 Å². The number of ether oxygens (including phenoxy) is 4. The van der Waals surface area contributed by atoms with Gasteiger partial charge in [-0.25, -0.2) is 0 Å². The van der Waals surface area contributed by atoms with E-state index < -0.39 is 0 Å². The van der Waals surface area contributed by atoms with Gasteiger partial charge in [0.1, 0.15) is 6.04 Å². The lowest BCUT2D eigenvalue weighted by molar-refractivity contribution is -0.989. The van der Waals surface area contributed by atoms with Crippen LogP contribution in [0, 0.1) is 0 Å². The third-order valence-corrected chi connectivity index (χ3v) is 6.31. The van der Waals surface area contributed by atoms with Crippen LogP contribution in [-0.4, -0.2) is 34.3 Å². The molecule has 0 amide bonds. The van der Waals surface area contributed by atoms with E-state index in [0.29, 0.717) is 16.5 Å². The van der Waals surface area contributed by atoms with Crippen LogP contribution in [0.15, 0.2) is 12.1 Å². The number of halogens is 1. The van der Waals surface area contributed by atoms with Gasteiger partial charge in [-0.15, -0.1) is 0 Å². The number of quaternary nitrogens is 1. The molecule has 0 bridgehead atoms. The van der Waals surface area contributed by atoms with Crippen LogP contribution < -0.4 is 29.0 Å². The Morgan fingerprint density at radius 1 is 1.19 bits per heavy atom. The van der Waals surface area contributed by atoms with E-state index in [1.54, 1.807) is 14.2 Å². The molecule has 2 aliphatic heterocycles. The number of methoxy groups -OCH3 is 2. The number of nitrogens with one attached hydrogen (secondary N) is 1. The van der Waals surface area contributed by atoms with Crippen molar-refractivity contribution in [1.29, 1.82) is 0 Å². The minimum Gasteiger partial charge on any atom is -0.809 e. The molecule has 0 aromatic heterocycles. The average molecular weight is 390 g/mol. The number of benzene rings is 2. The first kappa shape index (κ1) is 17.0. The van der Waals surface area contributed by atoms with Gasteiger partial charge in [0, 0.05) is 30.7 Å². The van der Waals surface area contributed by atoms with E-state index in [-0.39, 0.29) is 19.6 Å². The number of fused-ring (bicyclic) bond motifs is 3. The fourth-order valence-corrected chi connectivity index (χ4v) is 5.06. The number of hydrogen-bond donors (Lipinski definition) is 1. The summed E-state index contributed by atoms with van der Waals surface area (Å²) in [6.45, 7) is 0.809. The molecular formula is C20H20ClNO5. The second kappa shape index (κ2) is 6.19. The molecule has 7 heteroatoms. The van der Waals surface area contributed by atoms with E-state index >= 15 is 0 Å². The maximum absolute atomic E-state index is 11.9. The van der Waals surface area contributed by atoms with Gasteiger partial charge < -0.3 is 29.0 Å². The molecule has 3 aliphatic rings. The van der Waals surface area contributed by atoms with Crippen molar-refractivity contribution in [1.82, 2.24) is 0 Å². The highest BCUT2D eigenvalue weighted by atomic mass is 35.5. The zero-order chi connectivity index (χ0) is 18.7. The molecular weight excluding hydrogens is 370 g/mol. The number of hydrogen-bond acceptors (Lipinski definition) is 5. The molecule has 142 valence electrons. The van der Waals surface area contributed by atoms with Crippen molar-refractivity contribution in [2.45, 2.75) is 18.9 Å². The molecule has 0 saturated heterocycles. The van der Waals surface area contributed by atoms with Crippen LogP contribution in [0.3, 0.4) is 0 Å². The fourth-order valence-electron chi connectivity index (χ4n) is 4.70. The Morgan fingerprint density at radius 2 is 1.93 bits per heavy atom. The highest BCUT2D eigenvalue weighted by molar-refractivity contribution is 6.33. The summed E-state index contributed by atoms with van der Waals surface area (Å²) >= 11 is 6.70. The molecule has 2 aromatic rings. The summed E-state index contributed by atoms with van der Waals surface area (Å²) in [5.41, 5.74) is 5.30. The largest absolute Gasteiger partial charge is 0.809 e. The van der Waals surface area contributed by atoms with E-state index in [4.69, 9.17) is 30.5 Å². The predicted octanol–water partition coefficient (Wildman–Crippen LogP) is 1.11. The third kappa shape index (κ3) is 2.27. The molecule has 6 nitrogen and oxygen atoms in total. The molecule has 0 fully saturated rings. The van der Waals surface area contributed by atoms with Crippen molar-refractivity contribution in [3.8, 4) is 34.1 Å². The first-order chi connectivity index (χ1) is 13.2. The highest BCUT2D eigenvalue weighted by Gasteiger charge is 2.41. The number of rotatable bonds is 3. The maximum atomic E-state index is 11.9. The average Bonchev–Trinajstić information content (AvgIpc) is 3.14. The molecule has 1 N–H and O–H groups in total. The van der Waals surface area contributed by atoms with Gasteiger partial charge in [-0.05, 0) is 28.8 Å². The van der Waals surface area contributed by atoms with Gasteiger partial charge in [-0.3, -0.25) is 0 Å². The van der Waals surface area contributed by atoms with E-state index in [1.165, 1.54) is 0 Å². The van der Waals surface area contributed by atoms with Gasteiger partial charge in [0.05, 0.1) is 25.8 Å². The minimum absolute atomic E-state index is 0.0476. The quantitative estimate of drug-likeness (QED) is 0.852. The first-order valence-corrected chi connectivity index (χ1v) is 9.37. The molecule has 2 atom stereocenters. The highest BCUT2D eigenvalue weighted by Crippen LogP contribution is 2.55. The van der Waals surface area contributed by atoms with Gasteiger partial charge in [-0.1, -0.05) is 11.6 Å². The Hall–Kier alpha value is -2.15. The van der Waals surface area contributed by atoms with Gasteiger partial charge >= 0.3 is 0 Å². The van der Waals surface area contributed by atoms with Gasteiger partial charge in [0.2, 0.25) is 6.79 Å². The van der Waals surface area contributed by atoms with Crippen LogP contribution in [0.4, 0.5) is 0 Å². The van der Waals surface area contributed by atoms with Crippen LogP contribution >= 0.6 is 11.6 Å². The van der Waals surface area contributed by atoms with Crippen LogP contribution in [0.5, 0.6) is 23.0 Å². The zero-order valence-electron chi connectivity index (χ0n) is 15.2. The SMILES string of the molecule is COc1c(Cl)c2c3c(c1OC)-c1cc4c(cc1CC3[NH+](C[O-])CC2)OCO4. The summed E-state index contributed by atoms with van der Waals surface area (Å²) in [4.78, 5) is 1.02. The summed E-state index contributed by atoms with van der Waals surface area (Å²) in [5.74, 6) is 2.62. The lowest BCUT2D eigenvalue weighted by Gasteiger charge is -2.41. The van der Waals surface area contributed by atoms with E-state index in [1.807, 2.05) is 12.1 Å². The van der Waals surface area contributed by atoms with Crippen molar-refractivity contribution < 1.29 is 29.0 Å². The summed E-state index contributed by atoms with van der Waals surface area (Å²) in [6, 6.07) is 4.08. The molecule has 0 saturated carbocycles. The fraction of sp³-hybridized carbons (Fsp3) is 0.400. The van der Waals surface area contributed by atoms with Crippen LogP contribution in [0.2, 0.25) is 5.02 Å². The molecule has 2 aromatic carbocycles. The summed E-state index contributed by atoms with van der Waals surface area (Å²) in [6.07, 6.45) is 1.50. The van der Waals surface area contributed by atoms with Gasteiger partial charge in [-0.2, -0.15) is 0 Å². The lowest BCUT2D eigenvalue weighted by atomic mass is 9.76. The Bertz CT molecular complexity index is 945. The van der Waals surface area contributed by atoms with Crippen LogP contribution in [0.1, 0.15) is 22.7 Å². The molecule has 0 radical (unpaired) electrons. The molecule has 27 heavy (non-hydrogen) atoms. The second-order valence-electron chi connectivity index (χ2n) is 7.07. The second-order valence-corrected chi connectivity index (χ2v) is 7.45. The Kier molecular flexibility index (Phi) is 3.89. The van der Waals surface area contributed by atoms with E-state index in [2.05, 4.69) is 0 Å². The third-order valence-electron chi connectivity index (χ3n) is 5.91. The van der Waals surface area contributed by atoms with Crippen LogP contribution in [0.25, 0.3) is 11.1 Å². The minimum atomic E-state index is -0.171. The predicted molar refractivity (Wildman–Crippen MR) is 97.0 cm³/mol. The van der Waals surface area contributed by atoms with Crippen molar-refractivity contribution in [2.24, 2.45) is 0 Å². The van der Waals surface area contributed by atoms with E-state index in [0.717, 1.165) is 63.6 Å². The molecule has 2 heterocycles. The standard InChI is InChI=1S/C20H19ClNO5/c1-24-19-17-12-7-15-14(26-9-27-15)6-10(12)5-13-16(17)11(3-4-22(13)8-23)18(21)20(19)25-2/h6-7,13H,3-5,8-9H2,1-2H3/q-1/p+1. The normalized spacial score (nSPS) is 21.5. The van der Waals surface area contributed by atoms with Crippen molar-refractivity contribution in [2.75, 3.05) is 34.3 Å². The Balaban J connectivity index is 1.86. The monoisotopic (exact) mass is 389 g/mol. The summed E-state index contributed by atoms with van der Waals surface area (Å²) < 4.78 is 22.5.